The van der Waals surface area contributed by atoms with E-state index in [4.69, 9.17) is 9.37 Å². The number of rotatable bonds is 6. The Morgan fingerprint density at radius 2 is 1.94 bits per heavy atom. The minimum absolute atomic E-state index is 0.0581. The molecule has 1 aromatic carbocycles. The average Bonchev–Trinajstić information content (AvgIpc) is 3.27. The monoisotopic (exact) mass is 449 g/mol. The second-order valence-corrected chi connectivity index (χ2v) is 8.41. The van der Waals surface area contributed by atoms with Crippen LogP contribution < -0.4 is 4.74 Å². The highest BCUT2D eigenvalue weighted by molar-refractivity contribution is 5.98. The number of amides is 2. The lowest BCUT2D eigenvalue weighted by atomic mass is 9.75. The number of hydrogen-bond acceptors (Lipinski definition) is 7. The van der Waals surface area contributed by atoms with Crippen LogP contribution in [0.15, 0.2) is 53.3 Å². The van der Waals surface area contributed by atoms with E-state index in [1.54, 1.807) is 55.2 Å². The first kappa shape index (κ1) is 22.4. The van der Waals surface area contributed by atoms with Gasteiger partial charge in [-0.05, 0) is 44.0 Å². The summed E-state index contributed by atoms with van der Waals surface area (Å²) in [7, 11) is 3.47. The highest BCUT2D eigenvalue weighted by atomic mass is 16.6. The van der Waals surface area contributed by atoms with Gasteiger partial charge in [-0.3, -0.25) is 14.6 Å². The fraction of sp³-hybridized carbons (Fsp3) is 0.375. The summed E-state index contributed by atoms with van der Waals surface area (Å²) < 4.78 is 10.6. The molecule has 2 aromatic heterocycles. The molecule has 0 N–H and O–H groups in total. The molecule has 1 saturated heterocycles. The van der Waals surface area contributed by atoms with E-state index in [1.165, 1.54) is 0 Å². The van der Waals surface area contributed by atoms with Crippen molar-refractivity contribution in [3.8, 4) is 5.75 Å². The maximum Gasteiger partial charge on any atom is 0.257 e. The maximum absolute atomic E-state index is 13.6. The minimum Gasteiger partial charge on any atom is -0.486 e. The Labute approximate surface area is 192 Å². The van der Waals surface area contributed by atoms with Crippen molar-refractivity contribution in [3.05, 3.63) is 71.3 Å². The van der Waals surface area contributed by atoms with Gasteiger partial charge in [-0.1, -0.05) is 28.5 Å². The van der Waals surface area contributed by atoms with Gasteiger partial charge in [0, 0.05) is 33.4 Å². The summed E-state index contributed by atoms with van der Waals surface area (Å²) >= 11 is 0. The van der Waals surface area contributed by atoms with Crippen LogP contribution in [0.3, 0.4) is 0 Å². The molecule has 9 heteroatoms. The molecule has 172 valence electrons. The Kier molecular flexibility index (Phi) is 6.39. The van der Waals surface area contributed by atoms with E-state index in [0.717, 1.165) is 0 Å². The summed E-state index contributed by atoms with van der Waals surface area (Å²) in [6, 6.07) is 12.6. The molecule has 1 fully saturated rings. The molecule has 0 radical (unpaired) electrons. The summed E-state index contributed by atoms with van der Waals surface area (Å²) in [6.07, 6.45) is 3.00. The summed E-state index contributed by atoms with van der Waals surface area (Å²) in [5.74, 6) is 0.197. The second kappa shape index (κ2) is 9.40. The van der Waals surface area contributed by atoms with E-state index in [0.29, 0.717) is 47.8 Å². The first-order valence-electron chi connectivity index (χ1n) is 10.8. The van der Waals surface area contributed by atoms with E-state index >= 15 is 0 Å². The van der Waals surface area contributed by atoms with Crippen molar-refractivity contribution >= 4 is 11.8 Å². The van der Waals surface area contributed by atoms with Crippen LogP contribution in [0.2, 0.25) is 0 Å². The predicted octanol–water partition coefficient (Wildman–Crippen LogP) is 2.61. The maximum atomic E-state index is 13.6. The summed E-state index contributed by atoms with van der Waals surface area (Å²) in [5.41, 5.74) is 1.43. The third-order valence-corrected chi connectivity index (χ3v) is 5.98. The summed E-state index contributed by atoms with van der Waals surface area (Å²) in [4.78, 5) is 34.8. The molecular weight excluding hydrogens is 422 g/mol. The summed E-state index contributed by atoms with van der Waals surface area (Å²) in [6.45, 7) is 2.71. The second-order valence-electron chi connectivity index (χ2n) is 8.41. The number of nitrogens with zero attached hydrogens (tertiary/aromatic N) is 5. The van der Waals surface area contributed by atoms with Gasteiger partial charge in [-0.25, -0.2) is 4.63 Å². The van der Waals surface area contributed by atoms with Gasteiger partial charge in [0.05, 0.1) is 11.3 Å². The number of benzene rings is 1. The number of likely N-dealkylation sites (N-methyl/N-ethyl adjacent to an activating group) is 1. The number of likely N-dealkylation sites (tertiary alicyclic amines) is 1. The Balaban J connectivity index is 1.61. The topological polar surface area (TPSA) is 102 Å². The van der Waals surface area contributed by atoms with Gasteiger partial charge in [-0.2, -0.15) is 0 Å². The fourth-order valence-corrected chi connectivity index (χ4v) is 4.26. The zero-order valence-electron chi connectivity index (χ0n) is 19.0. The van der Waals surface area contributed by atoms with Crippen molar-refractivity contribution in [2.45, 2.75) is 31.8 Å². The number of piperidine rings is 1. The van der Waals surface area contributed by atoms with Crippen LogP contribution in [-0.4, -0.2) is 64.1 Å². The van der Waals surface area contributed by atoms with Gasteiger partial charge in [0.25, 0.3) is 5.91 Å². The zero-order chi connectivity index (χ0) is 23.4. The Bertz CT molecular complexity index is 1130. The molecule has 0 unspecified atom stereocenters. The number of carbonyl (C=O) groups excluding carboxylic acids is 2. The zero-order valence-corrected chi connectivity index (χ0v) is 19.0. The first-order chi connectivity index (χ1) is 15.9. The molecule has 4 rings (SSSR count). The third kappa shape index (κ3) is 4.44. The lowest BCUT2D eigenvalue weighted by Crippen LogP contribution is -2.56. The molecule has 3 aromatic rings. The van der Waals surface area contributed by atoms with E-state index in [2.05, 4.69) is 15.3 Å². The van der Waals surface area contributed by atoms with E-state index in [1.807, 2.05) is 24.3 Å². The van der Waals surface area contributed by atoms with Gasteiger partial charge in [0.2, 0.25) is 5.91 Å². The highest BCUT2D eigenvalue weighted by Crippen LogP contribution is 2.36. The Hall–Kier alpha value is -3.75. The largest absolute Gasteiger partial charge is 0.486 e. The quantitative estimate of drug-likeness (QED) is 0.570. The molecule has 1 aliphatic heterocycles. The normalized spacial score (nSPS) is 18.1. The molecule has 0 aliphatic carbocycles. The van der Waals surface area contributed by atoms with Crippen LogP contribution in [-0.2, 0) is 16.8 Å². The van der Waals surface area contributed by atoms with Crippen LogP contribution in [0, 0.1) is 6.92 Å². The number of pyridine rings is 1. The Morgan fingerprint density at radius 1 is 1.15 bits per heavy atom. The lowest BCUT2D eigenvalue weighted by Gasteiger charge is -2.42. The van der Waals surface area contributed by atoms with Gasteiger partial charge >= 0.3 is 0 Å². The molecule has 2 amide bonds. The first-order valence-corrected chi connectivity index (χ1v) is 10.8. The van der Waals surface area contributed by atoms with Crippen LogP contribution in [0.25, 0.3) is 0 Å². The van der Waals surface area contributed by atoms with Crippen molar-refractivity contribution in [2.24, 2.45) is 0 Å². The predicted molar refractivity (Wildman–Crippen MR) is 120 cm³/mol. The van der Waals surface area contributed by atoms with Crippen LogP contribution in [0.1, 0.15) is 40.3 Å². The molecule has 9 nitrogen and oxygen atoms in total. The van der Waals surface area contributed by atoms with Crippen LogP contribution >= 0.6 is 0 Å². The van der Waals surface area contributed by atoms with Crippen molar-refractivity contribution in [1.82, 2.24) is 25.1 Å². The van der Waals surface area contributed by atoms with Crippen molar-refractivity contribution in [1.29, 1.82) is 0 Å². The molecule has 1 aliphatic rings. The van der Waals surface area contributed by atoms with Crippen molar-refractivity contribution in [3.63, 3.8) is 0 Å². The Morgan fingerprint density at radius 3 is 2.64 bits per heavy atom. The van der Waals surface area contributed by atoms with Gasteiger partial charge < -0.3 is 14.5 Å². The van der Waals surface area contributed by atoms with E-state index < -0.39 is 5.41 Å². The average molecular weight is 450 g/mol. The number of ether oxygens (including phenoxy) is 1. The molecular formula is C24H27N5O4. The van der Waals surface area contributed by atoms with Gasteiger partial charge in [0.1, 0.15) is 29.2 Å². The minimum atomic E-state index is -0.891. The van der Waals surface area contributed by atoms with Crippen LogP contribution in [0.4, 0.5) is 0 Å². The number of aromatic nitrogens is 3. The fourth-order valence-electron chi connectivity index (χ4n) is 4.26. The van der Waals surface area contributed by atoms with E-state index in [9.17, 15) is 9.59 Å². The third-order valence-electron chi connectivity index (χ3n) is 5.98. The van der Waals surface area contributed by atoms with Crippen molar-refractivity contribution in [2.75, 3.05) is 27.2 Å². The number of para-hydroxylation sites is 1. The molecule has 0 bridgehead atoms. The van der Waals surface area contributed by atoms with Gasteiger partial charge in [0.15, 0.2) is 0 Å². The number of hydrogen-bond donors (Lipinski definition) is 0. The molecule has 33 heavy (non-hydrogen) atoms. The summed E-state index contributed by atoms with van der Waals surface area (Å²) in [5, 5.41) is 7.58. The molecule has 0 spiro atoms. The van der Waals surface area contributed by atoms with Gasteiger partial charge in [-0.15, -0.1) is 0 Å². The SMILES string of the molecule is Cc1nonc1COc1ccccc1C(=O)N1CCC[C@](C(=O)N(C)C)(c2ccccn2)C1. The molecule has 3 heterocycles. The van der Waals surface area contributed by atoms with Crippen molar-refractivity contribution < 1.29 is 19.0 Å². The van der Waals surface area contributed by atoms with Crippen LogP contribution in [0.5, 0.6) is 5.75 Å². The number of aryl methyl sites for hydroxylation is 1. The lowest BCUT2D eigenvalue weighted by molar-refractivity contribution is -0.136. The molecule has 1 atom stereocenters. The number of carbonyl (C=O) groups is 2. The smallest absolute Gasteiger partial charge is 0.257 e. The highest BCUT2D eigenvalue weighted by Gasteiger charge is 2.47. The standard InChI is InChI=1S/C24H27N5O4/c1-17-19(27-33-26-17)15-32-20-10-5-4-9-18(20)22(30)29-14-8-12-24(16-29,23(31)28(2)3)21-11-6-7-13-25-21/h4-7,9-11,13H,8,12,14-16H2,1-3H3/t24-/m1/s1. The van der Waals surface area contributed by atoms with E-state index in [-0.39, 0.29) is 25.0 Å². The molecule has 0 saturated carbocycles.